The monoisotopic (exact) mass is 266 g/mol. The topological polar surface area (TPSA) is 61.3 Å². The SMILES string of the molecule is CCC(N)C(Oc1cncc(Cl)c1)c1ccco1. The van der Waals surface area contributed by atoms with E-state index >= 15 is 0 Å². The molecule has 2 atom stereocenters. The summed E-state index contributed by atoms with van der Waals surface area (Å²) in [4.78, 5) is 3.98. The van der Waals surface area contributed by atoms with Crippen LogP contribution in [-0.2, 0) is 0 Å². The summed E-state index contributed by atoms with van der Waals surface area (Å²) in [5.74, 6) is 1.28. The smallest absolute Gasteiger partial charge is 0.171 e. The Balaban J connectivity index is 2.20. The second kappa shape index (κ2) is 5.89. The highest BCUT2D eigenvalue weighted by Crippen LogP contribution is 2.26. The van der Waals surface area contributed by atoms with Crippen molar-refractivity contribution in [2.45, 2.75) is 25.5 Å². The second-order valence-electron chi connectivity index (χ2n) is 3.96. The van der Waals surface area contributed by atoms with Gasteiger partial charge in [0.05, 0.1) is 17.5 Å². The molecule has 5 heteroatoms. The maximum atomic E-state index is 6.06. The van der Waals surface area contributed by atoms with E-state index < -0.39 is 0 Å². The molecule has 0 aliphatic rings. The van der Waals surface area contributed by atoms with E-state index in [4.69, 9.17) is 26.5 Å². The van der Waals surface area contributed by atoms with Gasteiger partial charge in [0.15, 0.2) is 6.10 Å². The Morgan fingerprint density at radius 3 is 2.94 bits per heavy atom. The minimum atomic E-state index is -0.342. The van der Waals surface area contributed by atoms with Crippen LogP contribution in [0, 0.1) is 0 Å². The number of hydrogen-bond donors (Lipinski definition) is 1. The van der Waals surface area contributed by atoms with Gasteiger partial charge >= 0.3 is 0 Å². The van der Waals surface area contributed by atoms with Crippen LogP contribution in [0.3, 0.4) is 0 Å². The molecule has 0 aliphatic heterocycles. The van der Waals surface area contributed by atoms with E-state index in [0.717, 1.165) is 6.42 Å². The van der Waals surface area contributed by atoms with Crippen LogP contribution >= 0.6 is 11.6 Å². The molecule has 0 saturated carbocycles. The summed E-state index contributed by atoms with van der Waals surface area (Å²) in [6.07, 6.45) is 5.19. The quantitative estimate of drug-likeness (QED) is 0.903. The van der Waals surface area contributed by atoms with Gasteiger partial charge in [0, 0.05) is 18.3 Å². The van der Waals surface area contributed by atoms with E-state index in [1.807, 2.05) is 19.1 Å². The molecule has 0 aromatic carbocycles. The number of rotatable bonds is 5. The summed E-state index contributed by atoms with van der Waals surface area (Å²) in [6.45, 7) is 2.00. The number of aromatic nitrogens is 1. The molecule has 2 aromatic heterocycles. The number of nitrogens with two attached hydrogens (primary N) is 1. The fraction of sp³-hybridized carbons (Fsp3) is 0.308. The van der Waals surface area contributed by atoms with Crippen molar-refractivity contribution in [1.82, 2.24) is 4.98 Å². The lowest BCUT2D eigenvalue weighted by Crippen LogP contribution is -2.31. The van der Waals surface area contributed by atoms with E-state index in [2.05, 4.69) is 4.98 Å². The van der Waals surface area contributed by atoms with Crippen molar-refractivity contribution < 1.29 is 9.15 Å². The number of hydrogen-bond acceptors (Lipinski definition) is 4. The van der Waals surface area contributed by atoms with Crippen molar-refractivity contribution in [3.8, 4) is 5.75 Å². The van der Waals surface area contributed by atoms with Crippen molar-refractivity contribution in [3.05, 3.63) is 47.6 Å². The fourth-order valence-corrected chi connectivity index (χ4v) is 1.79. The van der Waals surface area contributed by atoms with Crippen LogP contribution < -0.4 is 10.5 Å². The standard InChI is InChI=1S/C13H15ClN2O2/c1-2-11(15)13(12-4-3-5-17-12)18-10-6-9(14)7-16-8-10/h3-8,11,13H,2,15H2,1H3. The Hall–Kier alpha value is -1.52. The van der Waals surface area contributed by atoms with Crippen LogP contribution in [0.15, 0.2) is 41.3 Å². The maximum Gasteiger partial charge on any atom is 0.171 e. The van der Waals surface area contributed by atoms with Gasteiger partial charge in [-0.25, -0.2) is 0 Å². The van der Waals surface area contributed by atoms with Crippen LogP contribution in [0.4, 0.5) is 0 Å². The lowest BCUT2D eigenvalue weighted by molar-refractivity contribution is 0.144. The second-order valence-corrected chi connectivity index (χ2v) is 4.40. The molecule has 4 nitrogen and oxygen atoms in total. The summed E-state index contributed by atoms with van der Waals surface area (Å²) in [7, 11) is 0. The van der Waals surface area contributed by atoms with Gasteiger partial charge in [-0.15, -0.1) is 0 Å². The lowest BCUT2D eigenvalue weighted by atomic mass is 10.1. The van der Waals surface area contributed by atoms with Crippen LogP contribution in [0.1, 0.15) is 25.2 Å². The third-order valence-electron chi connectivity index (χ3n) is 2.63. The van der Waals surface area contributed by atoms with Gasteiger partial charge in [0.2, 0.25) is 0 Å². The number of halogens is 1. The Bertz CT molecular complexity index is 487. The molecule has 0 amide bonds. The zero-order valence-corrected chi connectivity index (χ0v) is 10.8. The fourth-order valence-electron chi connectivity index (χ4n) is 1.63. The average Bonchev–Trinajstić information content (AvgIpc) is 2.89. The van der Waals surface area contributed by atoms with Gasteiger partial charge in [0.1, 0.15) is 11.5 Å². The van der Waals surface area contributed by atoms with Crippen molar-refractivity contribution in [2.24, 2.45) is 5.73 Å². The summed E-state index contributed by atoms with van der Waals surface area (Å²) in [5.41, 5.74) is 6.06. The van der Waals surface area contributed by atoms with E-state index in [1.54, 1.807) is 24.7 Å². The molecule has 0 fully saturated rings. The van der Waals surface area contributed by atoms with Crippen LogP contribution in [0.5, 0.6) is 5.75 Å². The average molecular weight is 267 g/mol. The molecule has 2 rings (SSSR count). The minimum absolute atomic E-state index is 0.157. The van der Waals surface area contributed by atoms with E-state index in [1.165, 1.54) is 0 Å². The van der Waals surface area contributed by atoms with Crippen LogP contribution in [0.2, 0.25) is 5.02 Å². The van der Waals surface area contributed by atoms with Gasteiger partial charge in [0.25, 0.3) is 0 Å². The largest absolute Gasteiger partial charge is 0.479 e. The molecule has 2 heterocycles. The molecule has 0 aliphatic carbocycles. The summed E-state index contributed by atoms with van der Waals surface area (Å²) >= 11 is 5.87. The molecular weight excluding hydrogens is 252 g/mol. The predicted molar refractivity (Wildman–Crippen MR) is 69.6 cm³/mol. The summed E-state index contributed by atoms with van der Waals surface area (Å²) in [5, 5.41) is 0.524. The first-order chi connectivity index (χ1) is 8.70. The number of pyridine rings is 1. The molecule has 96 valence electrons. The zero-order valence-electron chi connectivity index (χ0n) is 10.0. The van der Waals surface area contributed by atoms with E-state index in [9.17, 15) is 0 Å². The normalized spacial score (nSPS) is 14.2. The molecule has 0 radical (unpaired) electrons. The number of furan rings is 1. The predicted octanol–water partition coefficient (Wildman–Crippen LogP) is 3.19. The molecule has 2 unspecified atom stereocenters. The first kappa shape index (κ1) is 12.9. The van der Waals surface area contributed by atoms with Crippen molar-refractivity contribution in [2.75, 3.05) is 0 Å². The molecule has 2 N–H and O–H groups in total. The Labute approximate surface area is 111 Å². The van der Waals surface area contributed by atoms with Gasteiger partial charge in [-0.3, -0.25) is 4.98 Å². The summed E-state index contributed by atoms with van der Waals surface area (Å²) in [6, 6.07) is 5.20. The zero-order chi connectivity index (χ0) is 13.0. The Morgan fingerprint density at radius 2 is 2.33 bits per heavy atom. The molecular formula is C13H15ClN2O2. The molecule has 18 heavy (non-hydrogen) atoms. The van der Waals surface area contributed by atoms with E-state index in [-0.39, 0.29) is 12.1 Å². The van der Waals surface area contributed by atoms with Crippen LogP contribution in [0.25, 0.3) is 0 Å². The number of ether oxygens (including phenoxy) is 1. The third kappa shape index (κ3) is 3.03. The maximum absolute atomic E-state index is 6.06. The van der Waals surface area contributed by atoms with E-state index in [0.29, 0.717) is 16.5 Å². The molecule has 0 bridgehead atoms. The lowest BCUT2D eigenvalue weighted by Gasteiger charge is -2.22. The molecule has 2 aromatic rings. The first-order valence-corrected chi connectivity index (χ1v) is 6.14. The third-order valence-corrected chi connectivity index (χ3v) is 2.83. The molecule has 0 spiro atoms. The minimum Gasteiger partial charge on any atom is -0.479 e. The first-order valence-electron chi connectivity index (χ1n) is 5.77. The highest BCUT2D eigenvalue weighted by molar-refractivity contribution is 6.30. The van der Waals surface area contributed by atoms with Crippen molar-refractivity contribution >= 4 is 11.6 Å². The van der Waals surface area contributed by atoms with Crippen LogP contribution in [-0.4, -0.2) is 11.0 Å². The van der Waals surface area contributed by atoms with Crippen molar-refractivity contribution in [1.29, 1.82) is 0 Å². The van der Waals surface area contributed by atoms with Gasteiger partial charge in [-0.2, -0.15) is 0 Å². The Morgan fingerprint density at radius 1 is 1.50 bits per heavy atom. The molecule has 0 saturated heterocycles. The van der Waals surface area contributed by atoms with Gasteiger partial charge in [-0.05, 0) is 18.6 Å². The van der Waals surface area contributed by atoms with Crippen molar-refractivity contribution in [3.63, 3.8) is 0 Å². The highest BCUT2D eigenvalue weighted by atomic mass is 35.5. The Kier molecular flexibility index (Phi) is 4.23. The highest BCUT2D eigenvalue weighted by Gasteiger charge is 2.23. The van der Waals surface area contributed by atoms with Gasteiger partial charge < -0.3 is 14.9 Å². The van der Waals surface area contributed by atoms with Gasteiger partial charge in [-0.1, -0.05) is 18.5 Å². The number of nitrogens with zero attached hydrogens (tertiary/aromatic N) is 1. The summed E-state index contributed by atoms with van der Waals surface area (Å²) < 4.78 is 11.2.